The lowest BCUT2D eigenvalue weighted by Gasteiger charge is -2.29. The van der Waals surface area contributed by atoms with Gasteiger partial charge in [-0.3, -0.25) is 28.8 Å². The van der Waals surface area contributed by atoms with E-state index in [1.807, 2.05) is 107 Å². The molecule has 3 saturated heterocycles. The molecular formula is C87H117N9O17S. The molecule has 0 aliphatic carbocycles. The first-order valence-electron chi connectivity index (χ1n) is 39.5. The van der Waals surface area contributed by atoms with Gasteiger partial charge in [-0.2, -0.15) is 0 Å². The summed E-state index contributed by atoms with van der Waals surface area (Å²) in [7, 11) is 0. The van der Waals surface area contributed by atoms with Crippen LogP contribution < -0.4 is 16.0 Å². The number of esters is 3. The zero-order valence-corrected chi connectivity index (χ0v) is 68.9. The smallest absolute Gasteiger partial charge is 0.329 e. The third-order valence-corrected chi connectivity index (χ3v) is 20.8. The summed E-state index contributed by atoms with van der Waals surface area (Å²) in [6.45, 7) is 37.4. The van der Waals surface area contributed by atoms with Crippen LogP contribution in [-0.4, -0.2) is 192 Å². The molecule has 6 bridgehead atoms. The first-order valence-corrected chi connectivity index (χ1v) is 40.4. The van der Waals surface area contributed by atoms with Crippen molar-refractivity contribution in [2.45, 2.75) is 215 Å². The van der Waals surface area contributed by atoms with Crippen molar-refractivity contribution in [2.24, 2.45) is 35.5 Å². The number of allylic oxidation sites excluding steroid dienone is 6. The number of carbonyl (C=O) groups is 9. The number of nitrogens with one attached hydrogen (secondary N) is 3. The van der Waals surface area contributed by atoms with E-state index < -0.39 is 84.5 Å². The minimum atomic E-state index is -0.748. The normalized spacial score (nSPS) is 29.7. The van der Waals surface area contributed by atoms with Crippen LogP contribution in [-0.2, 0) is 62.2 Å². The van der Waals surface area contributed by atoms with Gasteiger partial charge in [-0.05, 0) is 115 Å². The second-order valence-electron chi connectivity index (χ2n) is 31.2. The van der Waals surface area contributed by atoms with Gasteiger partial charge < -0.3 is 69.0 Å². The summed E-state index contributed by atoms with van der Waals surface area (Å²) >= 11 is 1.37. The fraction of sp³-hybridized carbons (Fsp3) is 0.517. The van der Waals surface area contributed by atoms with Crippen LogP contribution in [0.5, 0.6) is 0 Å². The summed E-state index contributed by atoms with van der Waals surface area (Å²) in [5.74, 6) is -3.24. The number of aliphatic hydroxyl groups is 3. The molecule has 3 fully saturated rings. The molecule has 0 aromatic carbocycles. The maximum absolute atomic E-state index is 13.3. The summed E-state index contributed by atoms with van der Waals surface area (Å²) in [6.07, 6.45) is 30.6. The molecule has 6 N–H and O–H groups in total. The summed E-state index contributed by atoms with van der Waals surface area (Å²) in [5.41, 5.74) is 5.09. The van der Waals surface area contributed by atoms with Crippen LogP contribution in [0, 0.1) is 35.5 Å². The van der Waals surface area contributed by atoms with Gasteiger partial charge in [-0.1, -0.05) is 188 Å². The molecule has 27 heteroatoms. The van der Waals surface area contributed by atoms with E-state index in [9.17, 15) is 58.5 Å². The van der Waals surface area contributed by atoms with E-state index in [2.05, 4.69) is 50.6 Å². The number of aromatic nitrogens is 3. The van der Waals surface area contributed by atoms with E-state index in [0.717, 1.165) is 38.4 Å². The largest absolute Gasteiger partial charge is 0.460 e. The van der Waals surface area contributed by atoms with Crippen LogP contribution in [0.15, 0.2) is 171 Å². The molecule has 618 valence electrons. The van der Waals surface area contributed by atoms with Crippen molar-refractivity contribution in [1.29, 1.82) is 0 Å². The predicted molar refractivity (Wildman–Crippen MR) is 434 cm³/mol. The molecule has 114 heavy (non-hydrogen) atoms. The van der Waals surface area contributed by atoms with Crippen molar-refractivity contribution >= 4 is 64.7 Å². The Morgan fingerprint density at radius 3 is 1.11 bits per heavy atom. The molecular weight excluding hydrogens is 1480 g/mol. The zero-order valence-electron chi connectivity index (χ0n) is 68.1. The number of amides is 6. The highest BCUT2D eigenvalue weighted by Gasteiger charge is 2.43. The van der Waals surface area contributed by atoms with Gasteiger partial charge in [0, 0.05) is 81.7 Å². The van der Waals surface area contributed by atoms with Crippen LogP contribution in [0.25, 0.3) is 0 Å². The molecule has 0 unspecified atom stereocenters. The topological polar surface area (TPSA) is 353 Å². The second kappa shape index (κ2) is 44.6. The fourth-order valence-electron chi connectivity index (χ4n) is 14.3. The summed E-state index contributed by atoms with van der Waals surface area (Å²) in [5, 5.41) is 42.1. The minimum Gasteiger partial charge on any atom is -0.460 e. The Morgan fingerprint density at radius 1 is 0.465 bits per heavy atom. The minimum absolute atomic E-state index is 0.00265. The number of thiazole rings is 1. The number of aliphatic hydroxyl groups excluding tert-OH is 3. The zero-order chi connectivity index (χ0) is 83.5. The number of rotatable bonds is 3. The van der Waals surface area contributed by atoms with E-state index in [1.54, 1.807) is 58.9 Å². The number of oxazole rings is 2. The molecule has 9 rings (SSSR count). The third kappa shape index (κ3) is 28.5. The highest BCUT2D eigenvalue weighted by molar-refractivity contribution is 7.09. The molecule has 0 radical (unpaired) electrons. The second-order valence-corrected chi connectivity index (χ2v) is 32.2. The number of cyclic esters (lactones) is 3. The SMILES string of the molecule is C=C1Cc2cnc(o2)C(=O)N2CCC[C@@H]2C(=O)O[C@H](C(C)C)[C@H](C)/C=C/C(=O)NC/C=C/C(C)=C/[C@@H](O)C1.C=C1Cc2cnc(o2)C(=O)N2CCC[C@@H]2C(=O)O[C@H](C(C)C)[C@H](C)/C=C/C(=O)NC/C=C/C(C)=C/[C@@H](O)C1.C=C1Cc2nc(cs2)C(=O)N2CCC[C@@H]2C(=O)O[C@H](C(C)C)[C@H](C)/C=C/C(=O)NC/C=C/C(C)=C/[C@@H](O)C1. The molecule has 12 atom stereocenters. The lowest BCUT2D eigenvalue weighted by atomic mass is 9.94. The molecule has 6 amide bonds. The van der Waals surface area contributed by atoms with Crippen LogP contribution in [0.2, 0.25) is 0 Å². The van der Waals surface area contributed by atoms with Gasteiger partial charge in [0.15, 0.2) is 0 Å². The maximum Gasteiger partial charge on any atom is 0.329 e. The van der Waals surface area contributed by atoms with Crippen LogP contribution in [0.3, 0.4) is 0 Å². The van der Waals surface area contributed by atoms with Crippen molar-refractivity contribution in [3.05, 3.63) is 196 Å². The molecule has 0 spiro atoms. The molecule has 0 saturated carbocycles. The Morgan fingerprint density at radius 2 is 0.781 bits per heavy atom. The quantitative estimate of drug-likeness (QED) is 0.0806. The average Bonchev–Trinajstić information content (AvgIpc) is 1.67. The highest BCUT2D eigenvalue weighted by atomic mass is 32.1. The van der Waals surface area contributed by atoms with Gasteiger partial charge in [-0.15, -0.1) is 11.3 Å². The number of carbonyl (C=O) groups excluding carboxylic acids is 9. The van der Waals surface area contributed by atoms with Gasteiger partial charge in [0.2, 0.25) is 17.7 Å². The number of hydrogen-bond acceptors (Lipinski definition) is 21. The Kier molecular flexibility index (Phi) is 35.7. The van der Waals surface area contributed by atoms with Crippen LogP contribution in [0.4, 0.5) is 0 Å². The fourth-order valence-corrected chi connectivity index (χ4v) is 15.2. The van der Waals surface area contributed by atoms with Crippen molar-refractivity contribution in [3.8, 4) is 0 Å². The summed E-state index contributed by atoms with van der Waals surface area (Å²) in [4.78, 5) is 133. The molecule has 9 heterocycles. The number of nitrogens with zero attached hydrogens (tertiary/aromatic N) is 6. The van der Waals surface area contributed by atoms with E-state index >= 15 is 0 Å². The molecule has 6 aliphatic heterocycles. The van der Waals surface area contributed by atoms with E-state index in [0.29, 0.717) is 134 Å². The van der Waals surface area contributed by atoms with E-state index in [1.165, 1.54) is 51.8 Å². The molecule has 6 aliphatic rings. The summed E-state index contributed by atoms with van der Waals surface area (Å²) < 4.78 is 29.2. The van der Waals surface area contributed by atoms with Crippen LogP contribution >= 0.6 is 11.3 Å². The van der Waals surface area contributed by atoms with Crippen molar-refractivity contribution < 1.29 is 81.5 Å². The standard InChI is InChI=1S/2C29H39N3O6.C29H39N3O5S/c2*1-18(2)26-21(5)10-11-25(34)30-12-6-8-19(3)14-22(33)15-20(4)16-23-17-31-27(37-23)28(35)32-13-7-9-24(32)29(36)38-26;1-18(2)27-21(5)10-11-25(34)30-12-6-8-19(3)14-22(33)15-20(4)16-26-31-23(17-38-26)28(35)32-13-7-9-24(32)29(36)37-27/h2*6,8,10-11,14,17-18,21-22,24,26,33H,4,7,9,12-13,15-16H2,1-3,5H3,(H,30,34);6,8,10-11,14,17-18,21-22,24,27,33H,4,7,9,12-13,15-16H2,1-3,5H3,(H,30,34)/b3*8-6+,11-10+,19-14+/t2*21-,22-,24-,26-;21-,22-,24-,27-/m111/s1. The highest BCUT2D eigenvalue weighted by Crippen LogP contribution is 2.31. The van der Waals surface area contributed by atoms with Gasteiger partial charge in [0.05, 0.1) is 35.7 Å². The van der Waals surface area contributed by atoms with Crippen molar-refractivity contribution in [1.82, 2.24) is 45.6 Å². The average molecular weight is 1590 g/mol. The van der Waals surface area contributed by atoms with Gasteiger partial charge in [-0.25, -0.2) is 29.3 Å². The molecule has 26 nitrogen and oxygen atoms in total. The van der Waals surface area contributed by atoms with Gasteiger partial charge in [0.1, 0.15) is 53.7 Å². The number of fused-ring (bicyclic) bond motifs is 9. The Bertz CT molecular complexity index is 3770. The Labute approximate surface area is 674 Å². The lowest BCUT2D eigenvalue weighted by molar-refractivity contribution is -0.158. The van der Waals surface area contributed by atoms with Gasteiger partial charge >= 0.3 is 29.7 Å². The number of hydrogen-bond donors (Lipinski definition) is 6. The Hall–Kier alpha value is -9.96. The molecule has 3 aromatic heterocycles. The van der Waals surface area contributed by atoms with Crippen LogP contribution in [0.1, 0.15) is 189 Å². The van der Waals surface area contributed by atoms with Gasteiger partial charge in [0.25, 0.3) is 17.7 Å². The molecule has 3 aromatic rings. The third-order valence-electron chi connectivity index (χ3n) is 20.0. The summed E-state index contributed by atoms with van der Waals surface area (Å²) in [6, 6.07) is -2.12. The van der Waals surface area contributed by atoms with E-state index in [4.69, 9.17) is 23.0 Å². The first kappa shape index (κ1) is 91.2. The maximum atomic E-state index is 13.3. The monoisotopic (exact) mass is 1590 g/mol. The Balaban J connectivity index is 0.000000237. The first-order chi connectivity index (χ1) is 54.1. The van der Waals surface area contributed by atoms with E-state index in [-0.39, 0.29) is 70.9 Å². The number of ether oxygens (including phenoxy) is 3. The van der Waals surface area contributed by atoms with Crippen molar-refractivity contribution in [2.75, 3.05) is 39.3 Å². The lowest BCUT2D eigenvalue weighted by Crippen LogP contribution is -2.44. The van der Waals surface area contributed by atoms with Crippen molar-refractivity contribution in [3.63, 3.8) is 0 Å². The predicted octanol–water partition coefficient (Wildman–Crippen LogP) is 11.0.